The molecule has 0 saturated carbocycles. The minimum absolute atomic E-state index is 0.0721. The fourth-order valence-electron chi connectivity index (χ4n) is 2.81. The summed E-state index contributed by atoms with van der Waals surface area (Å²) < 4.78 is 19.2. The number of rotatable bonds is 6. The molecule has 0 saturated heterocycles. The Labute approximate surface area is 149 Å². The second-order valence-electron chi connectivity index (χ2n) is 5.90. The molecule has 1 unspecified atom stereocenters. The van der Waals surface area contributed by atoms with Crippen LogP contribution >= 0.6 is 7.29 Å². The topological polar surface area (TPSA) is 38.3 Å². The van der Waals surface area contributed by atoms with Crippen LogP contribution in [0.5, 0.6) is 5.75 Å². The van der Waals surface area contributed by atoms with Gasteiger partial charge in [-0.2, -0.15) is 0 Å². The SMILES string of the molecule is COc1ccc(C(C)NP(=O)(c2ccccc2)c2ccccc2)cc1. The van der Waals surface area contributed by atoms with Gasteiger partial charge in [0, 0.05) is 16.7 Å². The number of methoxy groups -OCH3 is 1. The molecule has 3 rings (SSSR count). The Hall–Kier alpha value is -2.35. The monoisotopic (exact) mass is 351 g/mol. The van der Waals surface area contributed by atoms with Crippen molar-refractivity contribution in [3.8, 4) is 5.75 Å². The van der Waals surface area contributed by atoms with Gasteiger partial charge in [-0.3, -0.25) is 9.65 Å². The van der Waals surface area contributed by atoms with Crippen LogP contribution in [0.25, 0.3) is 0 Å². The van der Waals surface area contributed by atoms with Gasteiger partial charge in [-0.05, 0) is 48.9 Å². The molecule has 0 aliphatic heterocycles. The van der Waals surface area contributed by atoms with Crippen LogP contribution in [0.3, 0.4) is 0 Å². The third kappa shape index (κ3) is 3.84. The molecule has 3 aromatic carbocycles. The van der Waals surface area contributed by atoms with E-state index in [1.807, 2.05) is 91.9 Å². The van der Waals surface area contributed by atoms with Crippen molar-refractivity contribution in [1.82, 2.24) is 5.09 Å². The van der Waals surface area contributed by atoms with Crippen LogP contribution in [0.2, 0.25) is 0 Å². The van der Waals surface area contributed by atoms with Crippen molar-refractivity contribution in [3.05, 3.63) is 90.5 Å². The van der Waals surface area contributed by atoms with Crippen LogP contribution in [0.15, 0.2) is 84.9 Å². The van der Waals surface area contributed by atoms with Crippen LogP contribution in [0, 0.1) is 0 Å². The molecular formula is C21H22NO2P. The second-order valence-corrected chi connectivity index (χ2v) is 8.41. The van der Waals surface area contributed by atoms with Gasteiger partial charge in [-0.1, -0.05) is 48.5 Å². The number of hydrogen-bond donors (Lipinski definition) is 1. The fraction of sp³-hybridized carbons (Fsp3) is 0.143. The van der Waals surface area contributed by atoms with Gasteiger partial charge in [0.15, 0.2) is 0 Å². The Morgan fingerprint density at radius 2 is 1.28 bits per heavy atom. The number of benzene rings is 3. The summed E-state index contributed by atoms with van der Waals surface area (Å²) in [4.78, 5) is 0. The Bertz CT molecular complexity index is 805. The zero-order valence-electron chi connectivity index (χ0n) is 14.4. The smallest absolute Gasteiger partial charge is 0.205 e. The lowest BCUT2D eigenvalue weighted by atomic mass is 10.1. The van der Waals surface area contributed by atoms with Crippen molar-refractivity contribution in [1.29, 1.82) is 0 Å². The molecule has 1 N–H and O–H groups in total. The van der Waals surface area contributed by atoms with Gasteiger partial charge in [0.25, 0.3) is 0 Å². The van der Waals surface area contributed by atoms with Gasteiger partial charge < -0.3 is 4.74 Å². The van der Waals surface area contributed by atoms with Gasteiger partial charge >= 0.3 is 0 Å². The molecule has 128 valence electrons. The molecule has 3 nitrogen and oxygen atoms in total. The first-order valence-corrected chi connectivity index (χ1v) is 9.97. The number of ether oxygens (including phenoxy) is 1. The molecule has 3 aromatic rings. The Morgan fingerprint density at radius 3 is 1.72 bits per heavy atom. The molecule has 0 spiro atoms. The predicted molar refractivity (Wildman–Crippen MR) is 104 cm³/mol. The average molecular weight is 351 g/mol. The number of hydrogen-bond acceptors (Lipinski definition) is 2. The third-order valence-corrected chi connectivity index (χ3v) is 7.03. The summed E-state index contributed by atoms with van der Waals surface area (Å²) >= 11 is 0. The molecule has 0 amide bonds. The van der Waals surface area contributed by atoms with E-state index in [1.54, 1.807) is 7.11 Å². The summed E-state index contributed by atoms with van der Waals surface area (Å²) in [5.41, 5.74) is 1.06. The number of nitrogens with one attached hydrogen (secondary N) is 1. The lowest BCUT2D eigenvalue weighted by Crippen LogP contribution is -2.29. The quantitative estimate of drug-likeness (QED) is 0.674. The van der Waals surface area contributed by atoms with Crippen LogP contribution < -0.4 is 20.4 Å². The molecule has 0 aliphatic rings. The molecule has 4 heteroatoms. The lowest BCUT2D eigenvalue weighted by Gasteiger charge is -2.25. The molecule has 0 aliphatic carbocycles. The largest absolute Gasteiger partial charge is 0.497 e. The molecule has 1 atom stereocenters. The van der Waals surface area contributed by atoms with E-state index in [4.69, 9.17) is 4.74 Å². The summed E-state index contributed by atoms with van der Waals surface area (Å²) in [7, 11) is -1.30. The minimum atomic E-state index is -2.95. The minimum Gasteiger partial charge on any atom is -0.497 e. The standard InChI is InChI=1S/C21H22NO2P/c1-17(18-13-15-19(24-2)16-14-18)22-25(23,20-9-5-3-6-10-20)21-11-7-4-8-12-21/h3-17H,1-2H3,(H,22,23). The van der Waals surface area contributed by atoms with Gasteiger partial charge in [0.2, 0.25) is 7.29 Å². The van der Waals surface area contributed by atoms with Crippen molar-refractivity contribution < 1.29 is 9.30 Å². The second kappa shape index (κ2) is 7.69. The van der Waals surface area contributed by atoms with E-state index >= 15 is 0 Å². The van der Waals surface area contributed by atoms with Crippen molar-refractivity contribution in [3.63, 3.8) is 0 Å². The molecular weight excluding hydrogens is 329 g/mol. The Morgan fingerprint density at radius 1 is 0.800 bits per heavy atom. The van der Waals surface area contributed by atoms with Gasteiger partial charge in [0.1, 0.15) is 5.75 Å². The molecule has 0 radical (unpaired) electrons. The first-order valence-electron chi connectivity index (χ1n) is 8.26. The van der Waals surface area contributed by atoms with E-state index in [0.717, 1.165) is 21.9 Å². The molecule has 0 aromatic heterocycles. The fourth-order valence-corrected chi connectivity index (χ4v) is 5.29. The van der Waals surface area contributed by atoms with Crippen molar-refractivity contribution in [2.75, 3.05) is 7.11 Å². The first-order chi connectivity index (χ1) is 12.1. The van der Waals surface area contributed by atoms with E-state index < -0.39 is 7.29 Å². The zero-order chi connectivity index (χ0) is 17.7. The van der Waals surface area contributed by atoms with E-state index in [9.17, 15) is 4.57 Å². The van der Waals surface area contributed by atoms with Crippen molar-refractivity contribution in [2.24, 2.45) is 0 Å². The maximum Gasteiger partial charge on any atom is 0.205 e. The highest BCUT2D eigenvalue weighted by Crippen LogP contribution is 2.41. The molecule has 0 fully saturated rings. The maximum absolute atomic E-state index is 14.0. The van der Waals surface area contributed by atoms with E-state index in [1.165, 1.54) is 0 Å². The normalized spacial score (nSPS) is 12.6. The van der Waals surface area contributed by atoms with Crippen molar-refractivity contribution >= 4 is 17.9 Å². The summed E-state index contributed by atoms with van der Waals surface area (Å²) in [6.07, 6.45) is 0. The van der Waals surface area contributed by atoms with Crippen LogP contribution in [-0.2, 0) is 4.57 Å². The third-order valence-electron chi connectivity index (χ3n) is 4.23. The van der Waals surface area contributed by atoms with Crippen molar-refractivity contribution in [2.45, 2.75) is 13.0 Å². The molecule has 25 heavy (non-hydrogen) atoms. The van der Waals surface area contributed by atoms with Crippen LogP contribution in [0.1, 0.15) is 18.5 Å². The van der Waals surface area contributed by atoms with Gasteiger partial charge in [-0.25, -0.2) is 0 Å². The highest BCUT2D eigenvalue weighted by atomic mass is 31.2. The molecule has 0 heterocycles. The zero-order valence-corrected chi connectivity index (χ0v) is 15.3. The van der Waals surface area contributed by atoms with E-state index in [0.29, 0.717) is 0 Å². The maximum atomic E-state index is 14.0. The van der Waals surface area contributed by atoms with Gasteiger partial charge in [-0.15, -0.1) is 0 Å². The summed E-state index contributed by atoms with van der Waals surface area (Å²) in [6, 6.07) is 27.0. The van der Waals surface area contributed by atoms with E-state index in [-0.39, 0.29) is 6.04 Å². The van der Waals surface area contributed by atoms with E-state index in [2.05, 4.69) is 5.09 Å². The van der Waals surface area contributed by atoms with Crippen LogP contribution in [-0.4, -0.2) is 7.11 Å². The van der Waals surface area contributed by atoms with Crippen LogP contribution in [0.4, 0.5) is 0 Å². The lowest BCUT2D eigenvalue weighted by molar-refractivity contribution is 0.414. The first kappa shape index (κ1) is 17.5. The predicted octanol–water partition coefficient (Wildman–Crippen LogP) is 4.27. The summed E-state index contributed by atoms with van der Waals surface area (Å²) in [5, 5.41) is 5.01. The summed E-state index contributed by atoms with van der Waals surface area (Å²) in [5.74, 6) is 0.810. The van der Waals surface area contributed by atoms with Gasteiger partial charge in [0.05, 0.1) is 7.11 Å². The average Bonchev–Trinajstić information content (AvgIpc) is 2.69. The highest BCUT2D eigenvalue weighted by molar-refractivity contribution is 7.76. The highest BCUT2D eigenvalue weighted by Gasteiger charge is 2.29. The summed E-state index contributed by atoms with van der Waals surface area (Å²) in [6.45, 7) is 2.03. The Kier molecular flexibility index (Phi) is 5.37. The molecule has 0 bridgehead atoms. The Balaban J connectivity index is 1.96.